The van der Waals surface area contributed by atoms with Crippen molar-refractivity contribution < 1.29 is 8.42 Å². The molecule has 6 nitrogen and oxygen atoms in total. The molecule has 0 spiro atoms. The van der Waals surface area contributed by atoms with Gasteiger partial charge >= 0.3 is 0 Å². The molecule has 0 aliphatic carbocycles. The Morgan fingerprint density at radius 2 is 1.90 bits per heavy atom. The molecule has 0 saturated carbocycles. The van der Waals surface area contributed by atoms with Gasteiger partial charge in [0.05, 0.1) is 18.1 Å². The Kier molecular flexibility index (Phi) is 3.29. The van der Waals surface area contributed by atoms with Crippen LogP contribution in [0.3, 0.4) is 0 Å². The van der Waals surface area contributed by atoms with Gasteiger partial charge < -0.3 is 5.73 Å². The van der Waals surface area contributed by atoms with E-state index in [1.807, 2.05) is 31.2 Å². The third kappa shape index (κ3) is 2.33. The number of anilines is 2. The fourth-order valence-electron chi connectivity index (χ4n) is 2.60. The molecule has 1 aromatic carbocycles. The Hall–Kier alpha value is -2.15. The van der Waals surface area contributed by atoms with Crippen LogP contribution in [0, 0.1) is 0 Å². The van der Waals surface area contributed by atoms with Crippen LogP contribution in [0.15, 0.2) is 41.6 Å². The standard InChI is InChI=1S/C14H16N4O2S/c1-10-6-7-11-4-2-3-5-13(11)18(10)21(19,20)12-8-16-14(15)17-9-12/h2-5,8-10H,6-7H2,1H3,(H2,15,16,17). The van der Waals surface area contributed by atoms with Crippen molar-refractivity contribution in [3.63, 3.8) is 0 Å². The lowest BCUT2D eigenvalue weighted by Gasteiger charge is -2.35. The molecular formula is C14H16N4O2S. The van der Waals surface area contributed by atoms with Crippen LogP contribution in [-0.2, 0) is 16.4 Å². The Labute approximate surface area is 123 Å². The van der Waals surface area contributed by atoms with Crippen LogP contribution in [-0.4, -0.2) is 24.4 Å². The number of hydrogen-bond acceptors (Lipinski definition) is 5. The Balaban J connectivity index is 2.12. The summed E-state index contributed by atoms with van der Waals surface area (Å²) in [4.78, 5) is 7.62. The van der Waals surface area contributed by atoms with Crippen LogP contribution in [0.4, 0.5) is 11.6 Å². The van der Waals surface area contributed by atoms with Gasteiger partial charge in [0.25, 0.3) is 10.0 Å². The number of sulfonamides is 1. The molecule has 21 heavy (non-hydrogen) atoms. The number of rotatable bonds is 2. The van der Waals surface area contributed by atoms with Crippen LogP contribution in [0.5, 0.6) is 0 Å². The molecule has 0 amide bonds. The zero-order valence-corrected chi connectivity index (χ0v) is 12.4. The summed E-state index contributed by atoms with van der Waals surface area (Å²) in [6.07, 6.45) is 4.16. The SMILES string of the molecule is CC1CCc2ccccc2N1S(=O)(=O)c1cnc(N)nc1. The molecule has 1 aliphatic rings. The van der Waals surface area contributed by atoms with Gasteiger partial charge in [-0.25, -0.2) is 18.4 Å². The summed E-state index contributed by atoms with van der Waals surface area (Å²) in [5.74, 6) is 0.0565. The maximum atomic E-state index is 12.9. The second-order valence-corrected chi connectivity index (χ2v) is 6.91. The van der Waals surface area contributed by atoms with E-state index in [2.05, 4.69) is 9.97 Å². The van der Waals surface area contributed by atoms with Crippen molar-refractivity contribution >= 4 is 21.7 Å². The summed E-state index contributed by atoms with van der Waals surface area (Å²) >= 11 is 0. The van der Waals surface area contributed by atoms with Gasteiger partial charge in [-0.3, -0.25) is 4.31 Å². The first-order valence-electron chi connectivity index (χ1n) is 6.70. The molecule has 1 aromatic heterocycles. The van der Waals surface area contributed by atoms with Crippen LogP contribution in [0.25, 0.3) is 0 Å². The topological polar surface area (TPSA) is 89.2 Å². The van der Waals surface area contributed by atoms with E-state index < -0.39 is 10.0 Å². The van der Waals surface area contributed by atoms with Crippen molar-refractivity contribution in [1.82, 2.24) is 9.97 Å². The van der Waals surface area contributed by atoms with Crippen LogP contribution in [0.1, 0.15) is 18.9 Å². The van der Waals surface area contributed by atoms with Gasteiger partial charge in [-0.1, -0.05) is 18.2 Å². The molecule has 1 aliphatic heterocycles. The minimum Gasteiger partial charge on any atom is -0.368 e. The zero-order chi connectivity index (χ0) is 15.0. The number of nitrogens with zero attached hydrogens (tertiary/aromatic N) is 3. The van der Waals surface area contributed by atoms with Gasteiger partial charge in [0.1, 0.15) is 4.90 Å². The second-order valence-electron chi connectivity index (χ2n) is 5.09. The predicted molar refractivity (Wildman–Crippen MR) is 80.3 cm³/mol. The molecule has 3 rings (SSSR count). The highest BCUT2D eigenvalue weighted by molar-refractivity contribution is 7.92. The smallest absolute Gasteiger partial charge is 0.267 e. The van der Waals surface area contributed by atoms with E-state index >= 15 is 0 Å². The Morgan fingerprint density at radius 3 is 2.62 bits per heavy atom. The van der Waals surface area contributed by atoms with Crippen molar-refractivity contribution in [2.45, 2.75) is 30.7 Å². The summed E-state index contributed by atoms with van der Waals surface area (Å²) in [5, 5.41) is 0. The van der Waals surface area contributed by atoms with Crippen LogP contribution in [0.2, 0.25) is 0 Å². The highest BCUT2D eigenvalue weighted by Crippen LogP contribution is 2.34. The highest BCUT2D eigenvalue weighted by atomic mass is 32.2. The lowest BCUT2D eigenvalue weighted by molar-refractivity contribution is 0.562. The Morgan fingerprint density at radius 1 is 1.24 bits per heavy atom. The molecule has 0 fully saturated rings. The number of benzene rings is 1. The quantitative estimate of drug-likeness (QED) is 0.910. The summed E-state index contributed by atoms with van der Waals surface area (Å²) in [6.45, 7) is 1.91. The van der Waals surface area contributed by atoms with E-state index in [-0.39, 0.29) is 16.9 Å². The predicted octanol–water partition coefficient (Wildman–Crippen LogP) is 1.59. The molecule has 7 heteroatoms. The number of hydrogen-bond donors (Lipinski definition) is 1. The van der Waals surface area contributed by atoms with Crippen molar-refractivity contribution in [2.24, 2.45) is 0 Å². The molecule has 2 N–H and O–H groups in total. The van der Waals surface area contributed by atoms with Crippen LogP contribution < -0.4 is 10.0 Å². The van der Waals surface area contributed by atoms with Gasteiger partial charge in [-0.05, 0) is 31.4 Å². The molecule has 1 atom stereocenters. The zero-order valence-electron chi connectivity index (χ0n) is 11.6. The number of nitrogens with two attached hydrogens (primary N) is 1. The number of fused-ring (bicyclic) bond motifs is 1. The molecule has 0 saturated heterocycles. The summed E-state index contributed by atoms with van der Waals surface area (Å²) in [6, 6.07) is 7.46. The van der Waals surface area contributed by atoms with E-state index in [1.165, 1.54) is 16.7 Å². The molecule has 2 aromatic rings. The van der Waals surface area contributed by atoms with Gasteiger partial charge in [0.2, 0.25) is 5.95 Å². The lowest BCUT2D eigenvalue weighted by atomic mass is 9.99. The maximum absolute atomic E-state index is 12.9. The average Bonchev–Trinajstić information content (AvgIpc) is 2.47. The average molecular weight is 304 g/mol. The minimum atomic E-state index is -3.69. The van der Waals surface area contributed by atoms with Gasteiger partial charge in [0, 0.05) is 6.04 Å². The number of nitrogen functional groups attached to an aromatic ring is 1. The molecule has 1 unspecified atom stereocenters. The van der Waals surface area contributed by atoms with E-state index in [0.717, 1.165) is 24.1 Å². The fraction of sp³-hybridized carbons (Fsp3) is 0.286. The monoisotopic (exact) mass is 304 g/mol. The van der Waals surface area contributed by atoms with Crippen molar-refractivity contribution in [1.29, 1.82) is 0 Å². The molecule has 0 bridgehead atoms. The maximum Gasteiger partial charge on any atom is 0.267 e. The van der Waals surface area contributed by atoms with Crippen molar-refractivity contribution in [3.8, 4) is 0 Å². The first kappa shape index (κ1) is 13.8. The van der Waals surface area contributed by atoms with Crippen LogP contribution >= 0.6 is 0 Å². The summed E-state index contributed by atoms with van der Waals surface area (Å²) < 4.78 is 27.2. The van der Waals surface area contributed by atoms with E-state index in [4.69, 9.17) is 5.73 Å². The molecule has 0 radical (unpaired) electrons. The van der Waals surface area contributed by atoms with E-state index in [9.17, 15) is 8.42 Å². The summed E-state index contributed by atoms with van der Waals surface area (Å²) in [7, 11) is -3.69. The number of aryl methyl sites for hydroxylation is 1. The molecule has 2 heterocycles. The van der Waals surface area contributed by atoms with E-state index in [0.29, 0.717) is 0 Å². The molecular weight excluding hydrogens is 288 g/mol. The fourth-order valence-corrected chi connectivity index (χ4v) is 4.21. The summed E-state index contributed by atoms with van der Waals surface area (Å²) in [5.41, 5.74) is 7.19. The highest BCUT2D eigenvalue weighted by Gasteiger charge is 2.33. The third-order valence-corrected chi connectivity index (χ3v) is 5.55. The first-order valence-corrected chi connectivity index (χ1v) is 8.14. The van der Waals surface area contributed by atoms with Gasteiger partial charge in [0.15, 0.2) is 0 Å². The van der Waals surface area contributed by atoms with Crippen molar-refractivity contribution in [2.75, 3.05) is 10.0 Å². The lowest BCUT2D eigenvalue weighted by Crippen LogP contribution is -2.42. The molecule has 110 valence electrons. The second kappa shape index (κ2) is 5.00. The first-order chi connectivity index (χ1) is 10.00. The normalized spacial score (nSPS) is 18.3. The van der Waals surface area contributed by atoms with Gasteiger partial charge in [-0.15, -0.1) is 0 Å². The third-order valence-electron chi connectivity index (χ3n) is 3.67. The van der Waals surface area contributed by atoms with Crippen molar-refractivity contribution in [3.05, 3.63) is 42.2 Å². The largest absolute Gasteiger partial charge is 0.368 e. The van der Waals surface area contributed by atoms with E-state index in [1.54, 1.807) is 0 Å². The van der Waals surface area contributed by atoms with Gasteiger partial charge in [-0.2, -0.15) is 0 Å². The Bertz CT molecular complexity index is 759. The minimum absolute atomic E-state index is 0.0558. The number of para-hydroxylation sites is 1. The number of aromatic nitrogens is 2.